The first-order valence-corrected chi connectivity index (χ1v) is 8.20. The second kappa shape index (κ2) is 6.93. The number of halogens is 1. The van der Waals surface area contributed by atoms with Gasteiger partial charge in [0.25, 0.3) is 0 Å². The van der Waals surface area contributed by atoms with Crippen molar-refractivity contribution in [2.45, 2.75) is 6.92 Å². The molecule has 25 heavy (non-hydrogen) atoms. The van der Waals surface area contributed by atoms with Gasteiger partial charge in [0.15, 0.2) is 0 Å². The van der Waals surface area contributed by atoms with E-state index >= 15 is 0 Å². The number of aryl methyl sites for hydroxylation is 1. The molecule has 0 bridgehead atoms. The zero-order valence-corrected chi connectivity index (χ0v) is 14.7. The van der Waals surface area contributed by atoms with Gasteiger partial charge in [-0.1, -0.05) is 0 Å². The van der Waals surface area contributed by atoms with Crippen LogP contribution in [0, 0.1) is 24.1 Å². The number of benzene rings is 1. The molecule has 1 aromatic heterocycles. The van der Waals surface area contributed by atoms with Gasteiger partial charge < -0.3 is 14.7 Å². The Hall–Kier alpha value is -2.88. The molecule has 7 heteroatoms. The fourth-order valence-electron chi connectivity index (χ4n) is 2.93. The third kappa shape index (κ3) is 3.63. The van der Waals surface area contributed by atoms with Crippen molar-refractivity contribution in [3.8, 4) is 6.07 Å². The van der Waals surface area contributed by atoms with Crippen molar-refractivity contribution in [1.29, 1.82) is 5.26 Å². The van der Waals surface area contributed by atoms with Crippen LogP contribution in [0.5, 0.6) is 0 Å². The minimum absolute atomic E-state index is 0.371. The van der Waals surface area contributed by atoms with Crippen molar-refractivity contribution in [2.24, 2.45) is 0 Å². The third-order valence-electron chi connectivity index (χ3n) is 4.27. The second-order valence-electron chi connectivity index (χ2n) is 6.31. The van der Waals surface area contributed by atoms with Crippen molar-refractivity contribution in [2.75, 3.05) is 55.0 Å². The molecule has 1 saturated heterocycles. The molecule has 0 N–H and O–H groups in total. The summed E-state index contributed by atoms with van der Waals surface area (Å²) in [6.07, 6.45) is 0. The van der Waals surface area contributed by atoms with Crippen molar-refractivity contribution in [3.63, 3.8) is 0 Å². The molecule has 3 rings (SSSR count). The van der Waals surface area contributed by atoms with E-state index in [0.717, 1.165) is 49.3 Å². The Morgan fingerprint density at radius 3 is 2.40 bits per heavy atom. The van der Waals surface area contributed by atoms with Gasteiger partial charge in [-0.15, -0.1) is 0 Å². The molecule has 0 atom stereocenters. The van der Waals surface area contributed by atoms with Crippen molar-refractivity contribution >= 4 is 17.5 Å². The van der Waals surface area contributed by atoms with Crippen LogP contribution >= 0.6 is 0 Å². The quantitative estimate of drug-likeness (QED) is 0.854. The zero-order valence-electron chi connectivity index (χ0n) is 14.7. The smallest absolute Gasteiger partial charge is 0.227 e. The van der Waals surface area contributed by atoms with Gasteiger partial charge in [0, 0.05) is 52.0 Å². The number of nitrogens with zero attached hydrogens (tertiary/aromatic N) is 6. The molecule has 1 aromatic carbocycles. The summed E-state index contributed by atoms with van der Waals surface area (Å²) < 4.78 is 13.3. The monoisotopic (exact) mass is 340 g/mol. The zero-order chi connectivity index (χ0) is 18.0. The first-order chi connectivity index (χ1) is 12.0. The Balaban J connectivity index is 1.76. The molecule has 2 heterocycles. The van der Waals surface area contributed by atoms with Gasteiger partial charge in [-0.2, -0.15) is 10.2 Å². The van der Waals surface area contributed by atoms with E-state index in [0.29, 0.717) is 5.56 Å². The highest BCUT2D eigenvalue weighted by molar-refractivity contribution is 5.60. The highest BCUT2D eigenvalue weighted by Crippen LogP contribution is 2.24. The maximum atomic E-state index is 13.3. The van der Waals surface area contributed by atoms with E-state index in [4.69, 9.17) is 0 Å². The van der Waals surface area contributed by atoms with Crippen LogP contribution in [0.3, 0.4) is 0 Å². The molecular weight excluding hydrogens is 319 g/mol. The van der Waals surface area contributed by atoms with Crippen LogP contribution in [-0.4, -0.2) is 50.2 Å². The normalized spacial score (nSPS) is 14.4. The Labute approximate surface area is 147 Å². The van der Waals surface area contributed by atoms with Gasteiger partial charge in [0.05, 0.1) is 11.3 Å². The van der Waals surface area contributed by atoms with E-state index < -0.39 is 0 Å². The molecule has 0 amide bonds. The lowest BCUT2D eigenvalue weighted by Gasteiger charge is -2.36. The fourth-order valence-corrected chi connectivity index (χ4v) is 2.93. The summed E-state index contributed by atoms with van der Waals surface area (Å²) in [5, 5.41) is 9.24. The van der Waals surface area contributed by atoms with Crippen molar-refractivity contribution in [1.82, 2.24) is 9.97 Å². The van der Waals surface area contributed by atoms with Gasteiger partial charge >= 0.3 is 0 Å². The largest absolute Gasteiger partial charge is 0.367 e. The number of rotatable bonds is 3. The van der Waals surface area contributed by atoms with Gasteiger partial charge in [-0.05, 0) is 25.1 Å². The van der Waals surface area contributed by atoms with E-state index in [2.05, 4.69) is 25.8 Å². The Kier molecular flexibility index (Phi) is 4.70. The molecule has 6 nitrogen and oxygen atoms in total. The maximum Gasteiger partial charge on any atom is 0.227 e. The minimum Gasteiger partial charge on any atom is -0.367 e. The van der Waals surface area contributed by atoms with Crippen LogP contribution in [0.25, 0.3) is 0 Å². The van der Waals surface area contributed by atoms with Crippen molar-refractivity contribution < 1.29 is 4.39 Å². The summed E-state index contributed by atoms with van der Waals surface area (Å²) in [7, 11) is 3.92. The first kappa shape index (κ1) is 17.0. The first-order valence-electron chi connectivity index (χ1n) is 8.20. The van der Waals surface area contributed by atoms with Gasteiger partial charge in [-0.25, -0.2) is 9.37 Å². The highest BCUT2D eigenvalue weighted by atomic mass is 19.1. The number of hydrogen-bond donors (Lipinski definition) is 0. The van der Waals surface area contributed by atoms with E-state index in [1.807, 2.05) is 32.0 Å². The van der Waals surface area contributed by atoms with Crippen LogP contribution in [-0.2, 0) is 0 Å². The lowest BCUT2D eigenvalue weighted by molar-refractivity contribution is 0.622. The lowest BCUT2D eigenvalue weighted by atomic mass is 10.1. The molecule has 1 aliphatic rings. The average molecular weight is 340 g/mol. The van der Waals surface area contributed by atoms with Gasteiger partial charge in [0.2, 0.25) is 5.95 Å². The SMILES string of the molecule is Cc1cc(N(C)C)nc(N2CCN(c3ccc(F)cc3C#N)CC2)n1. The van der Waals surface area contributed by atoms with Crippen LogP contribution in [0.4, 0.5) is 21.8 Å². The Bertz CT molecular complexity index is 806. The predicted octanol–water partition coefficient (Wildman–Crippen LogP) is 2.19. The standard InChI is InChI=1S/C18H21FN6/c1-13-10-17(23(2)3)22-18(21-13)25-8-6-24(7-9-25)16-5-4-15(19)11-14(16)12-20/h4-5,10-11H,6-9H2,1-3H3. The summed E-state index contributed by atoms with van der Waals surface area (Å²) in [5.41, 5.74) is 2.08. The van der Waals surface area contributed by atoms with Crippen LogP contribution in [0.15, 0.2) is 24.3 Å². The van der Waals surface area contributed by atoms with E-state index in [-0.39, 0.29) is 5.82 Å². The van der Waals surface area contributed by atoms with Gasteiger partial charge in [-0.3, -0.25) is 0 Å². The molecule has 130 valence electrons. The fraction of sp³-hybridized carbons (Fsp3) is 0.389. The molecule has 0 spiro atoms. The molecule has 1 fully saturated rings. The molecule has 0 saturated carbocycles. The Morgan fingerprint density at radius 2 is 1.76 bits per heavy atom. The van der Waals surface area contributed by atoms with E-state index in [9.17, 15) is 9.65 Å². The third-order valence-corrected chi connectivity index (χ3v) is 4.27. The number of nitriles is 1. The molecule has 2 aromatic rings. The molecule has 0 aliphatic carbocycles. The highest BCUT2D eigenvalue weighted by Gasteiger charge is 2.22. The molecule has 0 unspecified atom stereocenters. The van der Waals surface area contributed by atoms with Crippen LogP contribution in [0.2, 0.25) is 0 Å². The summed E-state index contributed by atoms with van der Waals surface area (Å²) in [6.45, 7) is 4.92. The van der Waals surface area contributed by atoms with Gasteiger partial charge in [0.1, 0.15) is 17.7 Å². The molecule has 0 radical (unpaired) electrons. The maximum absolute atomic E-state index is 13.3. The number of hydrogen-bond acceptors (Lipinski definition) is 6. The second-order valence-corrected chi connectivity index (χ2v) is 6.31. The summed E-state index contributed by atoms with van der Waals surface area (Å²) in [4.78, 5) is 15.4. The Morgan fingerprint density at radius 1 is 1.08 bits per heavy atom. The average Bonchev–Trinajstić information content (AvgIpc) is 2.61. The van der Waals surface area contributed by atoms with Crippen LogP contribution < -0.4 is 14.7 Å². The van der Waals surface area contributed by atoms with E-state index in [1.165, 1.54) is 12.1 Å². The summed E-state index contributed by atoms with van der Waals surface area (Å²) in [6, 6.07) is 8.40. The number of anilines is 3. The molecular formula is C18H21FN6. The summed E-state index contributed by atoms with van der Waals surface area (Å²) in [5.74, 6) is 1.22. The lowest BCUT2D eigenvalue weighted by Crippen LogP contribution is -2.47. The topological polar surface area (TPSA) is 59.3 Å². The van der Waals surface area contributed by atoms with Crippen LogP contribution in [0.1, 0.15) is 11.3 Å². The van der Waals surface area contributed by atoms with Crippen molar-refractivity contribution in [3.05, 3.63) is 41.3 Å². The predicted molar refractivity (Wildman–Crippen MR) is 96.6 cm³/mol. The summed E-state index contributed by atoms with van der Waals surface area (Å²) >= 11 is 0. The molecule has 1 aliphatic heterocycles. The van der Waals surface area contributed by atoms with E-state index in [1.54, 1.807) is 6.07 Å². The number of piperazine rings is 1. The number of aromatic nitrogens is 2. The minimum atomic E-state index is -0.386.